The van der Waals surface area contributed by atoms with Gasteiger partial charge in [-0.3, -0.25) is 19.3 Å². The molecule has 4 rings (SSSR count). The lowest BCUT2D eigenvalue weighted by atomic mass is 9.99. The van der Waals surface area contributed by atoms with E-state index in [0.29, 0.717) is 17.0 Å². The fourth-order valence-corrected chi connectivity index (χ4v) is 5.40. The summed E-state index contributed by atoms with van der Waals surface area (Å²) >= 11 is 0.790. The Kier molecular flexibility index (Phi) is 7.77. The van der Waals surface area contributed by atoms with Crippen LogP contribution in [-0.4, -0.2) is 35.2 Å². The number of anilines is 2. The molecule has 1 saturated carbocycles. The van der Waals surface area contributed by atoms with Gasteiger partial charge in [-0.05, 0) is 73.1 Å². The minimum atomic E-state index is -1.02. The van der Waals surface area contributed by atoms with Gasteiger partial charge >= 0.3 is 0 Å². The van der Waals surface area contributed by atoms with Crippen LogP contribution >= 0.6 is 11.5 Å². The Balaban J connectivity index is 1.89. The van der Waals surface area contributed by atoms with E-state index in [2.05, 4.69) is 9.69 Å². The highest BCUT2D eigenvalue weighted by Crippen LogP contribution is 2.36. The summed E-state index contributed by atoms with van der Waals surface area (Å²) in [6, 6.07) is 11.6. The van der Waals surface area contributed by atoms with Gasteiger partial charge in [-0.25, -0.2) is 0 Å². The van der Waals surface area contributed by atoms with Crippen LogP contribution in [0.25, 0.3) is 0 Å². The SMILES string of the molecule is COc1ccc([C@@H](C(=O)NC2CCCC2)N(C(=O)c2snc(C(N)=O)c2N)c2cccc(C)c2C)cc1. The predicted molar refractivity (Wildman–Crippen MR) is 144 cm³/mol. The van der Waals surface area contributed by atoms with E-state index in [9.17, 15) is 14.4 Å². The van der Waals surface area contributed by atoms with E-state index in [1.807, 2.05) is 26.0 Å². The first-order valence-electron chi connectivity index (χ1n) is 12.1. The Morgan fingerprint density at radius 2 is 1.78 bits per heavy atom. The van der Waals surface area contributed by atoms with Crippen LogP contribution in [0.2, 0.25) is 0 Å². The number of amides is 3. The quantitative estimate of drug-likeness (QED) is 0.411. The molecule has 0 saturated heterocycles. The number of hydrogen-bond acceptors (Lipinski definition) is 7. The van der Waals surface area contributed by atoms with Crippen molar-refractivity contribution in [2.45, 2.75) is 51.6 Å². The van der Waals surface area contributed by atoms with Gasteiger partial charge in [0.2, 0.25) is 5.91 Å². The van der Waals surface area contributed by atoms with E-state index in [-0.39, 0.29) is 28.2 Å². The number of nitrogens with zero attached hydrogens (tertiary/aromatic N) is 2. The number of aromatic nitrogens is 1. The maximum Gasteiger partial charge on any atom is 0.273 e. The molecule has 1 fully saturated rings. The summed E-state index contributed by atoms with van der Waals surface area (Å²) in [6.45, 7) is 3.84. The Bertz CT molecular complexity index is 1310. The lowest BCUT2D eigenvalue weighted by Crippen LogP contribution is -2.46. The maximum atomic E-state index is 14.2. The molecule has 0 bridgehead atoms. The van der Waals surface area contributed by atoms with Crippen LogP contribution in [0.4, 0.5) is 11.4 Å². The molecule has 194 valence electrons. The third-order valence-corrected chi connectivity index (χ3v) is 7.70. The van der Waals surface area contributed by atoms with Crippen molar-refractivity contribution >= 4 is 40.6 Å². The van der Waals surface area contributed by atoms with Crippen LogP contribution in [0.5, 0.6) is 5.75 Å². The van der Waals surface area contributed by atoms with Gasteiger partial charge < -0.3 is 21.5 Å². The van der Waals surface area contributed by atoms with Gasteiger partial charge in [-0.2, -0.15) is 4.37 Å². The van der Waals surface area contributed by atoms with Crippen molar-refractivity contribution in [3.05, 3.63) is 69.7 Å². The number of hydrogen-bond donors (Lipinski definition) is 3. The minimum absolute atomic E-state index is 0.0405. The summed E-state index contributed by atoms with van der Waals surface area (Å²) in [4.78, 5) is 41.4. The second kappa shape index (κ2) is 11.0. The number of aryl methyl sites for hydroxylation is 1. The molecular weight excluding hydrogens is 490 g/mol. The maximum absolute atomic E-state index is 14.2. The van der Waals surface area contributed by atoms with Crippen molar-refractivity contribution in [2.24, 2.45) is 5.73 Å². The number of carbonyl (C=O) groups is 3. The van der Waals surface area contributed by atoms with E-state index in [1.165, 1.54) is 4.90 Å². The number of nitrogens with one attached hydrogen (secondary N) is 1. The molecule has 1 aliphatic carbocycles. The highest BCUT2D eigenvalue weighted by molar-refractivity contribution is 7.09. The van der Waals surface area contributed by atoms with Crippen molar-refractivity contribution in [1.29, 1.82) is 0 Å². The van der Waals surface area contributed by atoms with E-state index < -0.39 is 17.9 Å². The molecule has 0 unspecified atom stereocenters. The molecule has 0 radical (unpaired) electrons. The topological polar surface area (TPSA) is 141 Å². The summed E-state index contributed by atoms with van der Waals surface area (Å²) in [7, 11) is 1.56. The molecule has 3 amide bonds. The number of nitrogen functional groups attached to an aromatic ring is 1. The fraction of sp³-hybridized carbons (Fsp3) is 0.333. The van der Waals surface area contributed by atoms with Crippen molar-refractivity contribution in [3.63, 3.8) is 0 Å². The lowest BCUT2D eigenvalue weighted by molar-refractivity contribution is -0.123. The van der Waals surface area contributed by atoms with Crippen LogP contribution in [0, 0.1) is 13.8 Å². The second-order valence-corrected chi connectivity index (χ2v) is 9.97. The fourth-order valence-electron chi connectivity index (χ4n) is 4.66. The number of nitrogens with two attached hydrogens (primary N) is 2. The molecule has 37 heavy (non-hydrogen) atoms. The third kappa shape index (κ3) is 5.29. The first-order chi connectivity index (χ1) is 17.7. The van der Waals surface area contributed by atoms with E-state index in [0.717, 1.165) is 48.3 Å². The van der Waals surface area contributed by atoms with Crippen LogP contribution in [0.1, 0.15) is 68.6 Å². The zero-order valence-electron chi connectivity index (χ0n) is 21.1. The van der Waals surface area contributed by atoms with Crippen LogP contribution in [-0.2, 0) is 4.79 Å². The molecule has 1 heterocycles. The predicted octanol–water partition coefficient (Wildman–Crippen LogP) is 3.90. The summed E-state index contributed by atoms with van der Waals surface area (Å²) in [6.07, 6.45) is 3.88. The molecule has 9 nitrogen and oxygen atoms in total. The zero-order chi connectivity index (χ0) is 26.7. The van der Waals surface area contributed by atoms with Crippen molar-refractivity contribution in [2.75, 3.05) is 17.7 Å². The molecule has 5 N–H and O–H groups in total. The van der Waals surface area contributed by atoms with Crippen molar-refractivity contribution < 1.29 is 19.1 Å². The number of ether oxygens (including phenoxy) is 1. The summed E-state index contributed by atoms with van der Waals surface area (Å²) < 4.78 is 9.32. The van der Waals surface area contributed by atoms with E-state index >= 15 is 0 Å². The monoisotopic (exact) mass is 521 g/mol. The number of carbonyl (C=O) groups excluding carboxylic acids is 3. The van der Waals surface area contributed by atoms with Crippen molar-refractivity contribution in [3.8, 4) is 5.75 Å². The highest BCUT2D eigenvalue weighted by atomic mass is 32.1. The van der Waals surface area contributed by atoms with Gasteiger partial charge in [0.05, 0.1) is 12.8 Å². The largest absolute Gasteiger partial charge is 0.497 e. The smallest absolute Gasteiger partial charge is 0.273 e. The standard InChI is InChI=1S/C27H31N5O4S/c1-15-7-6-10-20(16(15)2)32(27(35)24-21(28)22(25(29)33)31-37-24)23(17-11-13-19(36-3)14-12-17)26(34)30-18-8-4-5-9-18/h6-7,10-14,18,23H,4-5,8-9,28H2,1-3H3,(H2,29,33)(H,30,34)/t23-/m0/s1. The van der Waals surface area contributed by atoms with Crippen LogP contribution in [0.15, 0.2) is 42.5 Å². The summed E-state index contributed by atoms with van der Waals surface area (Å²) in [5.41, 5.74) is 14.2. The number of rotatable bonds is 8. The Hall–Kier alpha value is -3.92. The molecule has 1 aliphatic rings. The lowest BCUT2D eigenvalue weighted by Gasteiger charge is -2.33. The first kappa shape index (κ1) is 26.2. The summed E-state index contributed by atoms with van der Waals surface area (Å²) in [5.74, 6) is -1.04. The van der Waals surface area contributed by atoms with E-state index in [1.54, 1.807) is 37.4 Å². The Labute approximate surface area is 220 Å². The summed E-state index contributed by atoms with van der Waals surface area (Å²) in [5, 5.41) is 3.15. The van der Waals surface area contributed by atoms with E-state index in [4.69, 9.17) is 16.2 Å². The van der Waals surface area contributed by atoms with Crippen LogP contribution in [0.3, 0.4) is 0 Å². The highest BCUT2D eigenvalue weighted by Gasteiger charge is 2.37. The second-order valence-electron chi connectivity index (χ2n) is 9.20. The number of methoxy groups -OCH3 is 1. The van der Waals surface area contributed by atoms with Gasteiger partial charge in [0, 0.05) is 11.7 Å². The average molecular weight is 522 g/mol. The zero-order valence-corrected chi connectivity index (χ0v) is 21.9. The van der Waals surface area contributed by atoms with Crippen LogP contribution < -0.4 is 26.4 Å². The average Bonchev–Trinajstić information content (AvgIpc) is 3.53. The molecule has 0 aliphatic heterocycles. The minimum Gasteiger partial charge on any atom is -0.497 e. The number of benzene rings is 2. The van der Waals surface area contributed by atoms with Gasteiger partial charge in [0.15, 0.2) is 5.69 Å². The third-order valence-electron chi connectivity index (χ3n) is 6.85. The molecule has 1 atom stereocenters. The Morgan fingerprint density at radius 3 is 2.38 bits per heavy atom. The van der Waals surface area contributed by atoms with Crippen molar-refractivity contribution in [1.82, 2.24) is 9.69 Å². The molecule has 0 spiro atoms. The normalized spacial score (nSPS) is 14.2. The molecule has 3 aromatic rings. The Morgan fingerprint density at radius 1 is 1.11 bits per heavy atom. The molecule has 10 heteroatoms. The molecule has 1 aromatic heterocycles. The van der Waals surface area contributed by atoms with Gasteiger partial charge in [-0.1, -0.05) is 37.1 Å². The number of primary amides is 1. The first-order valence-corrected chi connectivity index (χ1v) is 12.9. The molecule has 2 aromatic carbocycles. The molecular formula is C27H31N5O4S. The van der Waals surface area contributed by atoms with Gasteiger partial charge in [-0.15, -0.1) is 0 Å². The van der Waals surface area contributed by atoms with Gasteiger partial charge in [0.1, 0.15) is 16.7 Å². The van der Waals surface area contributed by atoms with Gasteiger partial charge in [0.25, 0.3) is 11.8 Å².